The van der Waals surface area contributed by atoms with Crippen molar-refractivity contribution in [3.8, 4) is 5.75 Å². The fourth-order valence-electron chi connectivity index (χ4n) is 1.59. The van der Waals surface area contributed by atoms with Gasteiger partial charge in [-0.1, -0.05) is 17.7 Å². The summed E-state index contributed by atoms with van der Waals surface area (Å²) >= 11 is 5.86. The summed E-state index contributed by atoms with van der Waals surface area (Å²) in [4.78, 5) is 0. The van der Waals surface area contributed by atoms with Crippen molar-refractivity contribution in [3.05, 3.63) is 29.3 Å². The number of hydrogen-bond donors (Lipinski definition) is 0. The van der Waals surface area contributed by atoms with E-state index in [9.17, 15) is 0 Å². The predicted octanol–water partition coefficient (Wildman–Crippen LogP) is 2.49. The van der Waals surface area contributed by atoms with Crippen LogP contribution in [-0.4, -0.2) is 19.2 Å². The lowest BCUT2D eigenvalue weighted by Crippen LogP contribution is -2.32. The highest BCUT2D eigenvalue weighted by molar-refractivity contribution is 6.30. The summed E-state index contributed by atoms with van der Waals surface area (Å²) in [6, 6.07) is 7.52. The van der Waals surface area contributed by atoms with Gasteiger partial charge in [0.05, 0.1) is 6.54 Å². The Labute approximate surface area is 89.2 Å². The van der Waals surface area contributed by atoms with E-state index >= 15 is 0 Å². The van der Waals surface area contributed by atoms with Gasteiger partial charge in [0.2, 0.25) is 0 Å². The van der Waals surface area contributed by atoms with E-state index in [-0.39, 0.29) is 6.10 Å². The molecular formula is C11H13ClNO. The molecule has 1 aromatic carbocycles. The first kappa shape index (κ1) is 9.81. The van der Waals surface area contributed by atoms with Gasteiger partial charge in [0, 0.05) is 11.6 Å². The Morgan fingerprint density at radius 3 is 3.07 bits per heavy atom. The first-order chi connectivity index (χ1) is 6.84. The molecule has 2 rings (SSSR count). The monoisotopic (exact) mass is 210 g/mol. The summed E-state index contributed by atoms with van der Waals surface area (Å²) in [6.07, 6.45) is 2.46. The standard InChI is InChI=1S/C11H13ClNO/c12-9-3-1-4-10(7-9)14-11-5-2-6-13-8-11/h1,3-4,7,11H,2,5-6,8H2. The molecule has 0 bridgehead atoms. The van der Waals surface area contributed by atoms with Crippen molar-refractivity contribution in [3.63, 3.8) is 0 Å². The largest absolute Gasteiger partial charge is 0.489 e. The van der Waals surface area contributed by atoms with E-state index in [1.807, 2.05) is 24.3 Å². The highest BCUT2D eigenvalue weighted by atomic mass is 35.5. The van der Waals surface area contributed by atoms with Crippen LogP contribution in [0.15, 0.2) is 24.3 Å². The fraction of sp³-hybridized carbons (Fsp3) is 0.455. The number of halogens is 1. The lowest BCUT2D eigenvalue weighted by Gasteiger charge is -2.22. The predicted molar refractivity (Wildman–Crippen MR) is 57.0 cm³/mol. The van der Waals surface area contributed by atoms with E-state index in [0.717, 1.165) is 36.7 Å². The zero-order valence-electron chi connectivity index (χ0n) is 7.95. The second-order valence-electron chi connectivity index (χ2n) is 3.47. The minimum absolute atomic E-state index is 0.238. The zero-order valence-corrected chi connectivity index (χ0v) is 8.70. The van der Waals surface area contributed by atoms with E-state index in [1.165, 1.54) is 0 Å². The van der Waals surface area contributed by atoms with Crippen molar-refractivity contribution >= 4 is 11.6 Å². The first-order valence-electron chi connectivity index (χ1n) is 4.90. The number of piperidine rings is 1. The van der Waals surface area contributed by atoms with Crippen molar-refractivity contribution in [1.82, 2.24) is 5.32 Å². The molecule has 0 spiro atoms. The second-order valence-corrected chi connectivity index (χ2v) is 3.91. The molecule has 3 heteroatoms. The van der Waals surface area contributed by atoms with Crippen LogP contribution in [0.25, 0.3) is 0 Å². The van der Waals surface area contributed by atoms with Crippen molar-refractivity contribution in [2.75, 3.05) is 13.1 Å². The second kappa shape index (κ2) is 4.67. The Hall–Kier alpha value is -0.730. The summed E-state index contributed by atoms with van der Waals surface area (Å²) < 4.78 is 5.76. The smallest absolute Gasteiger partial charge is 0.121 e. The van der Waals surface area contributed by atoms with Gasteiger partial charge in [0.25, 0.3) is 0 Å². The third-order valence-electron chi connectivity index (χ3n) is 2.27. The number of benzene rings is 1. The molecule has 14 heavy (non-hydrogen) atoms. The van der Waals surface area contributed by atoms with Gasteiger partial charge in [0.1, 0.15) is 11.9 Å². The van der Waals surface area contributed by atoms with E-state index in [0.29, 0.717) is 0 Å². The quantitative estimate of drug-likeness (QED) is 0.736. The van der Waals surface area contributed by atoms with Crippen LogP contribution in [0.5, 0.6) is 5.75 Å². The highest BCUT2D eigenvalue weighted by Gasteiger charge is 2.14. The van der Waals surface area contributed by atoms with Crippen LogP contribution in [0.2, 0.25) is 5.02 Å². The normalized spacial score (nSPS) is 21.9. The molecule has 1 heterocycles. The minimum Gasteiger partial charge on any atom is -0.489 e. The molecule has 1 saturated heterocycles. The molecule has 0 amide bonds. The molecule has 0 aromatic heterocycles. The molecule has 1 aromatic rings. The maximum Gasteiger partial charge on any atom is 0.121 e. The molecule has 2 nitrogen and oxygen atoms in total. The molecular weight excluding hydrogens is 198 g/mol. The van der Waals surface area contributed by atoms with Gasteiger partial charge < -0.3 is 4.74 Å². The average Bonchev–Trinajstić information content (AvgIpc) is 2.19. The Morgan fingerprint density at radius 2 is 2.36 bits per heavy atom. The van der Waals surface area contributed by atoms with Gasteiger partial charge in [-0.05, 0) is 31.0 Å². The summed E-state index contributed by atoms with van der Waals surface area (Å²) in [5, 5.41) is 5.04. The lowest BCUT2D eigenvalue weighted by molar-refractivity contribution is 0.165. The lowest BCUT2D eigenvalue weighted by atomic mass is 10.1. The maximum atomic E-state index is 5.86. The molecule has 1 atom stereocenters. The summed E-state index contributed by atoms with van der Waals surface area (Å²) in [6.45, 7) is 1.79. The molecule has 1 aliphatic rings. The van der Waals surface area contributed by atoms with Crippen LogP contribution in [0.3, 0.4) is 0 Å². The fourth-order valence-corrected chi connectivity index (χ4v) is 1.77. The number of ether oxygens (including phenoxy) is 1. The van der Waals surface area contributed by atoms with Crippen molar-refractivity contribution < 1.29 is 4.74 Å². The topological polar surface area (TPSA) is 23.3 Å². The SMILES string of the molecule is Clc1cccc(OC2CCC[N]C2)c1. The average molecular weight is 211 g/mol. The van der Waals surface area contributed by atoms with E-state index in [2.05, 4.69) is 5.32 Å². The van der Waals surface area contributed by atoms with E-state index in [1.54, 1.807) is 0 Å². The van der Waals surface area contributed by atoms with Crippen molar-refractivity contribution in [2.24, 2.45) is 0 Å². The van der Waals surface area contributed by atoms with Crippen LogP contribution in [0.1, 0.15) is 12.8 Å². The molecule has 75 valence electrons. The zero-order chi connectivity index (χ0) is 9.80. The van der Waals surface area contributed by atoms with Crippen LogP contribution in [0.4, 0.5) is 0 Å². The van der Waals surface area contributed by atoms with Gasteiger partial charge in [-0.25, -0.2) is 5.32 Å². The number of nitrogens with zero attached hydrogens (tertiary/aromatic N) is 1. The van der Waals surface area contributed by atoms with Gasteiger partial charge in [-0.3, -0.25) is 0 Å². The van der Waals surface area contributed by atoms with Gasteiger partial charge in [-0.2, -0.15) is 0 Å². The van der Waals surface area contributed by atoms with E-state index < -0.39 is 0 Å². The third-order valence-corrected chi connectivity index (χ3v) is 2.51. The van der Waals surface area contributed by atoms with Crippen LogP contribution in [-0.2, 0) is 0 Å². The molecule has 1 unspecified atom stereocenters. The third kappa shape index (κ3) is 2.63. The highest BCUT2D eigenvalue weighted by Crippen LogP contribution is 2.20. The molecule has 0 N–H and O–H groups in total. The molecule has 0 aliphatic carbocycles. The number of rotatable bonds is 2. The Morgan fingerprint density at radius 1 is 1.43 bits per heavy atom. The van der Waals surface area contributed by atoms with Crippen LogP contribution in [0, 0.1) is 0 Å². The Kier molecular flexibility index (Phi) is 3.27. The van der Waals surface area contributed by atoms with Crippen LogP contribution >= 0.6 is 11.6 Å². The molecule has 0 saturated carbocycles. The van der Waals surface area contributed by atoms with Crippen molar-refractivity contribution in [1.29, 1.82) is 0 Å². The summed E-state index contributed by atoms with van der Waals surface area (Å²) in [7, 11) is 0. The Balaban J connectivity index is 1.95. The summed E-state index contributed by atoms with van der Waals surface area (Å²) in [5.74, 6) is 0.847. The first-order valence-corrected chi connectivity index (χ1v) is 5.28. The Bertz CT molecular complexity index is 297. The molecule has 1 radical (unpaired) electrons. The maximum absolute atomic E-state index is 5.86. The van der Waals surface area contributed by atoms with Gasteiger partial charge in [0.15, 0.2) is 0 Å². The van der Waals surface area contributed by atoms with Gasteiger partial charge >= 0.3 is 0 Å². The summed E-state index contributed by atoms with van der Waals surface area (Å²) in [5.41, 5.74) is 0. The van der Waals surface area contributed by atoms with Gasteiger partial charge in [-0.15, -0.1) is 0 Å². The van der Waals surface area contributed by atoms with Crippen molar-refractivity contribution in [2.45, 2.75) is 18.9 Å². The number of hydrogen-bond acceptors (Lipinski definition) is 1. The van der Waals surface area contributed by atoms with E-state index in [4.69, 9.17) is 16.3 Å². The molecule has 1 fully saturated rings. The minimum atomic E-state index is 0.238. The van der Waals surface area contributed by atoms with Crippen LogP contribution < -0.4 is 10.1 Å². The molecule has 1 aliphatic heterocycles.